The molecule has 1 saturated heterocycles. The molecule has 1 aliphatic rings. The molecule has 1 aromatic rings. The number of thiophene rings is 1. The van der Waals surface area contributed by atoms with Crippen molar-refractivity contribution in [2.75, 3.05) is 32.7 Å². The van der Waals surface area contributed by atoms with Crippen LogP contribution in [-0.4, -0.2) is 43.6 Å². The maximum atomic E-state index is 4.69. The summed E-state index contributed by atoms with van der Waals surface area (Å²) in [7, 11) is 0. The van der Waals surface area contributed by atoms with Crippen molar-refractivity contribution in [3.8, 4) is 0 Å². The lowest BCUT2D eigenvalue weighted by Gasteiger charge is -2.21. The molecule has 4 nitrogen and oxygen atoms in total. The molecule has 23 heavy (non-hydrogen) atoms. The van der Waals surface area contributed by atoms with Crippen LogP contribution in [0.1, 0.15) is 36.4 Å². The molecule has 0 aliphatic carbocycles. The highest BCUT2D eigenvalue weighted by atomic mass is 127. The third kappa shape index (κ3) is 7.85. The van der Waals surface area contributed by atoms with Crippen LogP contribution < -0.4 is 10.6 Å². The van der Waals surface area contributed by atoms with Crippen LogP contribution in [0.2, 0.25) is 0 Å². The van der Waals surface area contributed by atoms with Gasteiger partial charge in [-0.25, -0.2) is 4.99 Å². The van der Waals surface area contributed by atoms with Gasteiger partial charge in [0.2, 0.25) is 0 Å². The van der Waals surface area contributed by atoms with Gasteiger partial charge >= 0.3 is 0 Å². The number of rotatable bonds is 7. The topological polar surface area (TPSA) is 39.7 Å². The number of halogens is 1. The second-order valence-electron chi connectivity index (χ2n) is 6.20. The smallest absolute Gasteiger partial charge is 0.191 e. The summed E-state index contributed by atoms with van der Waals surface area (Å²) in [5.74, 6) is 1.58. The van der Waals surface area contributed by atoms with E-state index < -0.39 is 0 Å². The molecule has 132 valence electrons. The lowest BCUT2D eigenvalue weighted by Crippen LogP contribution is -2.41. The quantitative estimate of drug-likeness (QED) is 0.380. The average molecular weight is 450 g/mol. The molecule has 1 unspecified atom stereocenters. The van der Waals surface area contributed by atoms with E-state index in [0.717, 1.165) is 25.6 Å². The zero-order valence-corrected chi connectivity index (χ0v) is 17.7. The van der Waals surface area contributed by atoms with Crippen molar-refractivity contribution in [2.24, 2.45) is 10.9 Å². The van der Waals surface area contributed by atoms with E-state index in [9.17, 15) is 0 Å². The van der Waals surface area contributed by atoms with Crippen molar-refractivity contribution in [1.29, 1.82) is 0 Å². The molecule has 1 aromatic heterocycles. The van der Waals surface area contributed by atoms with Gasteiger partial charge < -0.3 is 15.5 Å². The number of hydrogen-bond acceptors (Lipinski definition) is 3. The summed E-state index contributed by atoms with van der Waals surface area (Å²) >= 11 is 1.82. The maximum Gasteiger partial charge on any atom is 0.191 e. The van der Waals surface area contributed by atoms with Gasteiger partial charge in [-0.2, -0.15) is 0 Å². The molecule has 0 radical (unpaired) electrons. The zero-order chi connectivity index (χ0) is 15.8. The van der Waals surface area contributed by atoms with Crippen molar-refractivity contribution < 1.29 is 0 Å². The second-order valence-corrected chi connectivity index (χ2v) is 7.57. The number of guanidine groups is 1. The predicted octanol–water partition coefficient (Wildman–Crippen LogP) is 3.46. The summed E-state index contributed by atoms with van der Waals surface area (Å²) in [6.45, 7) is 12.9. The standard InChI is InChI=1S/C17H30N4S.HI/c1-4-18-17(20-12-16-8-7-15(3)22-16)19-11-14(2)13-21-9-5-6-10-21;/h7-8,14H,4-6,9-13H2,1-3H3,(H2,18,19,20);1H. The molecular weight excluding hydrogens is 419 g/mol. The molecular formula is C17H31IN4S. The van der Waals surface area contributed by atoms with Crippen LogP contribution in [0, 0.1) is 12.8 Å². The van der Waals surface area contributed by atoms with E-state index in [2.05, 4.69) is 48.4 Å². The van der Waals surface area contributed by atoms with E-state index in [1.807, 2.05) is 11.3 Å². The van der Waals surface area contributed by atoms with E-state index in [0.29, 0.717) is 5.92 Å². The first-order chi connectivity index (χ1) is 10.7. The third-order valence-electron chi connectivity index (χ3n) is 3.92. The number of likely N-dealkylation sites (tertiary alicyclic amines) is 1. The number of nitrogens with zero attached hydrogens (tertiary/aromatic N) is 2. The van der Waals surface area contributed by atoms with E-state index in [1.54, 1.807) is 0 Å². The van der Waals surface area contributed by atoms with Gasteiger partial charge in [-0.05, 0) is 57.8 Å². The highest BCUT2D eigenvalue weighted by molar-refractivity contribution is 14.0. The summed E-state index contributed by atoms with van der Waals surface area (Å²) in [5, 5.41) is 6.83. The number of hydrogen-bond donors (Lipinski definition) is 2. The largest absolute Gasteiger partial charge is 0.357 e. The molecule has 1 atom stereocenters. The Morgan fingerprint density at radius 2 is 2.04 bits per heavy atom. The molecule has 1 aliphatic heterocycles. The van der Waals surface area contributed by atoms with Gasteiger partial charge in [-0.1, -0.05) is 6.92 Å². The van der Waals surface area contributed by atoms with Crippen molar-refractivity contribution in [3.63, 3.8) is 0 Å². The second kappa shape index (κ2) is 11.3. The number of aliphatic imine (C=N–C) groups is 1. The summed E-state index contributed by atoms with van der Waals surface area (Å²) in [5.41, 5.74) is 0. The summed E-state index contributed by atoms with van der Waals surface area (Å²) in [4.78, 5) is 9.94. The molecule has 0 spiro atoms. The molecule has 0 bridgehead atoms. The molecule has 0 aromatic carbocycles. The van der Waals surface area contributed by atoms with Crippen molar-refractivity contribution in [1.82, 2.24) is 15.5 Å². The Balaban J connectivity index is 0.00000264. The average Bonchev–Trinajstić information content (AvgIpc) is 3.13. The molecule has 6 heteroatoms. The zero-order valence-electron chi connectivity index (χ0n) is 14.6. The molecule has 2 heterocycles. The van der Waals surface area contributed by atoms with Crippen LogP contribution in [0.25, 0.3) is 0 Å². The Hall–Kier alpha value is -0.340. The lowest BCUT2D eigenvalue weighted by atomic mass is 10.1. The number of nitrogens with one attached hydrogen (secondary N) is 2. The summed E-state index contributed by atoms with van der Waals surface area (Å²) in [6.07, 6.45) is 2.73. The first-order valence-corrected chi connectivity index (χ1v) is 9.29. The van der Waals surface area contributed by atoms with Gasteiger partial charge in [0.25, 0.3) is 0 Å². The van der Waals surface area contributed by atoms with Crippen LogP contribution >= 0.6 is 35.3 Å². The molecule has 2 N–H and O–H groups in total. The normalized spacial score (nSPS) is 16.9. The Labute approximate surface area is 162 Å². The Bertz CT molecular complexity index is 469. The van der Waals surface area contributed by atoms with Crippen molar-refractivity contribution in [2.45, 2.75) is 40.2 Å². The van der Waals surface area contributed by atoms with Gasteiger partial charge in [0.15, 0.2) is 5.96 Å². The highest BCUT2D eigenvalue weighted by Gasteiger charge is 2.14. The molecule has 1 fully saturated rings. The van der Waals surface area contributed by atoms with E-state index >= 15 is 0 Å². The highest BCUT2D eigenvalue weighted by Crippen LogP contribution is 2.15. The van der Waals surface area contributed by atoms with Gasteiger partial charge in [0.05, 0.1) is 6.54 Å². The fourth-order valence-corrected chi connectivity index (χ4v) is 3.63. The van der Waals surface area contributed by atoms with E-state index in [-0.39, 0.29) is 24.0 Å². The van der Waals surface area contributed by atoms with Gasteiger partial charge in [-0.3, -0.25) is 0 Å². The minimum atomic E-state index is 0. The minimum Gasteiger partial charge on any atom is -0.357 e. The summed E-state index contributed by atoms with van der Waals surface area (Å²) < 4.78 is 0. The van der Waals surface area contributed by atoms with E-state index in [1.165, 1.54) is 42.2 Å². The van der Waals surface area contributed by atoms with E-state index in [4.69, 9.17) is 4.99 Å². The van der Waals surface area contributed by atoms with Crippen molar-refractivity contribution in [3.05, 3.63) is 21.9 Å². The van der Waals surface area contributed by atoms with Crippen LogP contribution in [0.4, 0.5) is 0 Å². The first kappa shape index (κ1) is 20.7. The first-order valence-electron chi connectivity index (χ1n) is 8.47. The fourth-order valence-electron chi connectivity index (χ4n) is 2.81. The third-order valence-corrected chi connectivity index (χ3v) is 4.91. The molecule has 2 rings (SSSR count). The summed E-state index contributed by atoms with van der Waals surface area (Å²) in [6, 6.07) is 4.33. The SMILES string of the molecule is CCNC(=NCc1ccc(C)s1)NCC(C)CN1CCCC1.I. The van der Waals surface area contributed by atoms with Crippen LogP contribution in [-0.2, 0) is 6.54 Å². The predicted molar refractivity (Wildman–Crippen MR) is 112 cm³/mol. The lowest BCUT2D eigenvalue weighted by molar-refractivity contribution is 0.287. The van der Waals surface area contributed by atoms with Crippen LogP contribution in [0.15, 0.2) is 17.1 Å². The Kier molecular flexibility index (Phi) is 10.1. The molecule has 0 saturated carbocycles. The molecule has 0 amide bonds. The minimum absolute atomic E-state index is 0. The van der Waals surface area contributed by atoms with Gasteiger partial charge in [0, 0.05) is 29.4 Å². The fraction of sp³-hybridized carbons (Fsp3) is 0.706. The van der Waals surface area contributed by atoms with Crippen molar-refractivity contribution >= 4 is 41.3 Å². The maximum absolute atomic E-state index is 4.69. The number of aryl methyl sites for hydroxylation is 1. The van der Waals surface area contributed by atoms with Gasteiger partial charge in [0.1, 0.15) is 0 Å². The van der Waals surface area contributed by atoms with Crippen LogP contribution in [0.5, 0.6) is 0 Å². The Morgan fingerprint density at radius 1 is 1.30 bits per heavy atom. The van der Waals surface area contributed by atoms with Gasteiger partial charge in [-0.15, -0.1) is 35.3 Å². The monoisotopic (exact) mass is 450 g/mol. The Morgan fingerprint density at radius 3 is 2.65 bits per heavy atom. The van der Waals surface area contributed by atoms with Crippen LogP contribution in [0.3, 0.4) is 0 Å².